The van der Waals surface area contributed by atoms with Crippen molar-refractivity contribution in [3.8, 4) is 0 Å². The Labute approximate surface area is 95.1 Å². The minimum absolute atomic E-state index is 0. The van der Waals surface area contributed by atoms with Gasteiger partial charge < -0.3 is 11.1 Å². The summed E-state index contributed by atoms with van der Waals surface area (Å²) in [5.74, 6) is -0.182. The molecule has 1 amide bonds. The highest BCUT2D eigenvalue weighted by Crippen LogP contribution is 1.98. The fourth-order valence-corrected chi connectivity index (χ4v) is 0.808. The molecule has 0 fully saturated rings. The van der Waals surface area contributed by atoms with Crippen LogP contribution >= 0.6 is 24.8 Å². The molecule has 0 aromatic carbocycles. The molecule has 80 valence electrons. The normalized spacial score (nSPS) is 8.14. The molecular formula is C8H13Cl2N3O. The molecule has 1 aromatic rings. The summed E-state index contributed by atoms with van der Waals surface area (Å²) < 4.78 is 0. The van der Waals surface area contributed by atoms with Gasteiger partial charge in [-0.05, 0) is 11.6 Å². The van der Waals surface area contributed by atoms with Gasteiger partial charge in [-0.25, -0.2) is 0 Å². The lowest BCUT2D eigenvalue weighted by molar-refractivity contribution is 0.0958. The number of hydrogen-bond acceptors (Lipinski definition) is 3. The summed E-state index contributed by atoms with van der Waals surface area (Å²) in [6.45, 7) is 0.445. The summed E-state index contributed by atoms with van der Waals surface area (Å²) in [4.78, 5) is 14.9. The van der Waals surface area contributed by atoms with Gasteiger partial charge in [-0.1, -0.05) is 6.07 Å². The molecular weight excluding hydrogens is 225 g/mol. The zero-order valence-electron chi connectivity index (χ0n) is 7.69. The zero-order valence-corrected chi connectivity index (χ0v) is 9.32. The maximum Gasteiger partial charge on any atom is 0.269 e. The Bertz CT molecular complexity index is 276. The first-order valence-corrected chi connectivity index (χ1v) is 3.65. The predicted molar refractivity (Wildman–Crippen MR) is 60.0 cm³/mol. The van der Waals surface area contributed by atoms with E-state index in [0.29, 0.717) is 12.2 Å². The molecule has 0 aliphatic heterocycles. The average Bonchev–Trinajstić information content (AvgIpc) is 2.17. The molecule has 0 unspecified atom stereocenters. The van der Waals surface area contributed by atoms with Crippen LogP contribution in [0.25, 0.3) is 0 Å². The molecule has 4 nitrogen and oxygen atoms in total. The highest BCUT2D eigenvalue weighted by molar-refractivity contribution is 5.91. The topological polar surface area (TPSA) is 68.0 Å². The monoisotopic (exact) mass is 237 g/mol. The number of halogens is 2. The lowest BCUT2D eigenvalue weighted by Crippen LogP contribution is -2.19. The summed E-state index contributed by atoms with van der Waals surface area (Å²) >= 11 is 0. The number of amides is 1. The van der Waals surface area contributed by atoms with Crippen molar-refractivity contribution in [3.63, 3.8) is 0 Å². The molecule has 3 N–H and O–H groups in total. The summed E-state index contributed by atoms with van der Waals surface area (Å²) in [6.07, 6.45) is 1.60. The van der Waals surface area contributed by atoms with Gasteiger partial charge in [0.15, 0.2) is 0 Å². The summed E-state index contributed by atoms with van der Waals surface area (Å²) in [5.41, 5.74) is 6.70. The molecule has 0 saturated carbocycles. The van der Waals surface area contributed by atoms with Crippen LogP contribution in [0.5, 0.6) is 0 Å². The second kappa shape index (κ2) is 7.55. The van der Waals surface area contributed by atoms with Crippen molar-refractivity contribution in [2.75, 3.05) is 7.05 Å². The second-order valence-corrected chi connectivity index (χ2v) is 2.33. The van der Waals surface area contributed by atoms with Gasteiger partial charge in [-0.3, -0.25) is 9.78 Å². The molecule has 6 heteroatoms. The van der Waals surface area contributed by atoms with Crippen molar-refractivity contribution in [1.82, 2.24) is 10.3 Å². The standard InChI is InChI=1S/C8H11N3O.2ClH/c1-10-8(12)7-3-2-6(4-9)5-11-7;;/h2-3,5H,4,9H2,1H3,(H,10,12);2*1H. The van der Waals surface area contributed by atoms with Crippen LogP contribution in [0, 0.1) is 0 Å². The summed E-state index contributed by atoms with van der Waals surface area (Å²) in [6, 6.07) is 3.44. The predicted octanol–water partition coefficient (Wildman–Crippen LogP) is 0.743. The molecule has 1 heterocycles. The van der Waals surface area contributed by atoms with E-state index in [2.05, 4.69) is 10.3 Å². The minimum Gasteiger partial charge on any atom is -0.354 e. The molecule has 0 radical (unpaired) electrons. The number of carbonyl (C=O) groups is 1. The Morgan fingerprint density at radius 1 is 1.50 bits per heavy atom. The van der Waals surface area contributed by atoms with Crippen molar-refractivity contribution < 1.29 is 4.79 Å². The largest absolute Gasteiger partial charge is 0.354 e. The number of nitrogens with zero attached hydrogens (tertiary/aromatic N) is 1. The van der Waals surface area contributed by atoms with E-state index in [1.54, 1.807) is 25.4 Å². The molecule has 0 aliphatic rings. The van der Waals surface area contributed by atoms with E-state index in [0.717, 1.165) is 5.56 Å². The van der Waals surface area contributed by atoms with Crippen LogP contribution in [0.3, 0.4) is 0 Å². The number of hydrogen-bond donors (Lipinski definition) is 2. The van der Waals surface area contributed by atoms with Crippen molar-refractivity contribution in [3.05, 3.63) is 29.6 Å². The van der Waals surface area contributed by atoms with Crippen molar-refractivity contribution in [2.45, 2.75) is 6.54 Å². The van der Waals surface area contributed by atoms with Crippen LogP contribution in [0.4, 0.5) is 0 Å². The van der Waals surface area contributed by atoms with Crippen molar-refractivity contribution in [1.29, 1.82) is 0 Å². The molecule has 0 saturated heterocycles. The molecule has 1 aromatic heterocycles. The minimum atomic E-state index is -0.182. The van der Waals surface area contributed by atoms with E-state index in [1.165, 1.54) is 0 Å². The van der Waals surface area contributed by atoms with E-state index < -0.39 is 0 Å². The third-order valence-electron chi connectivity index (χ3n) is 1.52. The molecule has 1 rings (SSSR count). The quantitative estimate of drug-likeness (QED) is 0.798. The molecule has 0 bridgehead atoms. The fraction of sp³-hybridized carbons (Fsp3) is 0.250. The van der Waals surface area contributed by atoms with Crippen LogP contribution in [-0.4, -0.2) is 17.9 Å². The van der Waals surface area contributed by atoms with Crippen LogP contribution in [0.1, 0.15) is 16.1 Å². The SMILES string of the molecule is CNC(=O)c1ccc(CN)cn1.Cl.Cl. The molecule has 0 spiro atoms. The highest BCUT2D eigenvalue weighted by atomic mass is 35.5. The lowest BCUT2D eigenvalue weighted by Gasteiger charge is -1.99. The zero-order chi connectivity index (χ0) is 8.97. The first-order valence-electron chi connectivity index (χ1n) is 3.65. The van der Waals surface area contributed by atoms with E-state index >= 15 is 0 Å². The second-order valence-electron chi connectivity index (χ2n) is 2.33. The number of nitrogens with one attached hydrogen (secondary N) is 1. The maximum absolute atomic E-state index is 11.0. The maximum atomic E-state index is 11.0. The lowest BCUT2D eigenvalue weighted by atomic mass is 10.2. The number of pyridine rings is 1. The third kappa shape index (κ3) is 3.91. The number of nitrogens with two attached hydrogens (primary N) is 1. The van der Waals surface area contributed by atoms with E-state index in [4.69, 9.17) is 5.73 Å². The number of rotatable bonds is 2. The van der Waals surface area contributed by atoms with Crippen molar-refractivity contribution >= 4 is 30.7 Å². The summed E-state index contributed by atoms with van der Waals surface area (Å²) in [7, 11) is 1.57. The van der Waals surface area contributed by atoms with Gasteiger partial charge in [0.05, 0.1) is 0 Å². The molecule has 0 atom stereocenters. The van der Waals surface area contributed by atoms with Gasteiger partial charge in [0, 0.05) is 19.8 Å². The van der Waals surface area contributed by atoms with Crippen LogP contribution in [0.15, 0.2) is 18.3 Å². The van der Waals surface area contributed by atoms with Crippen LogP contribution in [-0.2, 0) is 6.54 Å². The number of aromatic nitrogens is 1. The van der Waals surface area contributed by atoms with Gasteiger partial charge >= 0.3 is 0 Å². The molecule has 14 heavy (non-hydrogen) atoms. The highest BCUT2D eigenvalue weighted by Gasteiger charge is 2.02. The van der Waals surface area contributed by atoms with Crippen LogP contribution < -0.4 is 11.1 Å². The average molecular weight is 238 g/mol. The Morgan fingerprint density at radius 2 is 2.14 bits per heavy atom. The van der Waals surface area contributed by atoms with Gasteiger partial charge in [0.25, 0.3) is 5.91 Å². The summed E-state index contributed by atoms with van der Waals surface area (Å²) in [5, 5.41) is 2.49. The van der Waals surface area contributed by atoms with Crippen molar-refractivity contribution in [2.24, 2.45) is 5.73 Å². The van der Waals surface area contributed by atoms with E-state index in [9.17, 15) is 4.79 Å². The van der Waals surface area contributed by atoms with Gasteiger partial charge in [-0.15, -0.1) is 24.8 Å². The molecule has 0 aliphatic carbocycles. The fourth-order valence-electron chi connectivity index (χ4n) is 0.808. The van der Waals surface area contributed by atoms with E-state index in [1.807, 2.05) is 0 Å². The first-order chi connectivity index (χ1) is 5.77. The third-order valence-corrected chi connectivity index (χ3v) is 1.52. The number of carbonyl (C=O) groups excluding carboxylic acids is 1. The Kier molecular flexibility index (Phi) is 8.43. The Balaban J connectivity index is 0. The Morgan fingerprint density at radius 3 is 2.50 bits per heavy atom. The Hall–Kier alpha value is -0.840. The first kappa shape index (κ1) is 15.6. The van der Waals surface area contributed by atoms with E-state index in [-0.39, 0.29) is 30.7 Å². The van der Waals surface area contributed by atoms with Crippen LogP contribution in [0.2, 0.25) is 0 Å². The van der Waals surface area contributed by atoms with Gasteiger partial charge in [0.2, 0.25) is 0 Å². The van der Waals surface area contributed by atoms with Gasteiger partial charge in [0.1, 0.15) is 5.69 Å². The smallest absolute Gasteiger partial charge is 0.269 e. The van der Waals surface area contributed by atoms with Gasteiger partial charge in [-0.2, -0.15) is 0 Å².